The lowest BCUT2D eigenvalue weighted by Crippen LogP contribution is -2.28. The number of nitrogens with zero attached hydrogens (tertiary/aromatic N) is 4. The highest BCUT2D eigenvalue weighted by Gasteiger charge is 2.28. The fourth-order valence-corrected chi connectivity index (χ4v) is 3.53. The van der Waals surface area contributed by atoms with Gasteiger partial charge in [0.2, 0.25) is 5.96 Å². The number of amides is 1. The van der Waals surface area contributed by atoms with Crippen LogP contribution in [0.1, 0.15) is 11.1 Å². The third kappa shape index (κ3) is 4.70. The molecule has 2 aliphatic rings. The van der Waals surface area contributed by atoms with Gasteiger partial charge >= 0.3 is 0 Å². The first-order valence-corrected chi connectivity index (χ1v) is 9.78. The van der Waals surface area contributed by atoms with Crippen molar-refractivity contribution in [1.82, 2.24) is 4.90 Å². The third-order valence-electron chi connectivity index (χ3n) is 5.06. The second kappa shape index (κ2) is 8.93. The Morgan fingerprint density at radius 2 is 1.39 bits per heavy atom. The molecule has 0 spiro atoms. The molecule has 0 unspecified atom stereocenters. The average Bonchev–Trinajstić information content (AvgIpc) is 3.17. The van der Waals surface area contributed by atoms with Crippen LogP contribution < -0.4 is 15.2 Å². The molecule has 2 aliphatic heterocycles. The number of ether oxygens (including phenoxy) is 2. The van der Waals surface area contributed by atoms with Gasteiger partial charge in [-0.05, 0) is 35.4 Å². The van der Waals surface area contributed by atoms with Crippen molar-refractivity contribution in [3.8, 4) is 11.5 Å². The zero-order valence-electron chi connectivity index (χ0n) is 17.4. The molecule has 158 valence electrons. The molecule has 2 aromatic carbocycles. The number of carbonyl (C=O) groups is 1. The molecule has 31 heavy (non-hydrogen) atoms. The summed E-state index contributed by atoms with van der Waals surface area (Å²) in [5.41, 5.74) is 9.05. The number of carbonyl (C=O) groups excluding carboxylic acids is 1. The van der Waals surface area contributed by atoms with Crippen molar-refractivity contribution in [3.63, 3.8) is 0 Å². The first-order chi connectivity index (χ1) is 15.1. The van der Waals surface area contributed by atoms with Crippen molar-refractivity contribution in [2.75, 3.05) is 20.8 Å². The molecule has 2 N–H and O–H groups in total. The maximum atomic E-state index is 12.4. The van der Waals surface area contributed by atoms with Crippen molar-refractivity contribution in [2.24, 2.45) is 20.7 Å². The number of guanidine groups is 1. The summed E-state index contributed by atoms with van der Waals surface area (Å²) < 4.78 is 10.5. The normalized spacial score (nSPS) is 15.1. The van der Waals surface area contributed by atoms with E-state index in [1.54, 1.807) is 20.4 Å². The first kappa shape index (κ1) is 20.5. The molecule has 0 saturated heterocycles. The highest BCUT2D eigenvalue weighted by atomic mass is 16.5. The monoisotopic (exact) mass is 417 g/mol. The van der Waals surface area contributed by atoms with E-state index in [1.165, 1.54) is 0 Å². The van der Waals surface area contributed by atoms with E-state index in [1.807, 2.05) is 48.5 Å². The highest BCUT2D eigenvalue weighted by molar-refractivity contribution is 6.34. The van der Waals surface area contributed by atoms with Crippen molar-refractivity contribution in [3.05, 3.63) is 70.8 Å². The zero-order chi connectivity index (χ0) is 21.8. The fraction of sp³-hybridized carbons (Fsp3) is 0.217. The molecule has 8 heteroatoms. The average molecular weight is 417 g/mol. The summed E-state index contributed by atoms with van der Waals surface area (Å²) in [6.45, 7) is 1.86. The minimum absolute atomic E-state index is 0.0597. The molecule has 0 saturated carbocycles. The van der Waals surface area contributed by atoms with E-state index in [2.05, 4.69) is 19.9 Å². The van der Waals surface area contributed by atoms with Gasteiger partial charge in [0.15, 0.2) is 5.84 Å². The largest absolute Gasteiger partial charge is 0.497 e. The van der Waals surface area contributed by atoms with E-state index in [9.17, 15) is 4.79 Å². The molecular weight excluding hydrogens is 394 g/mol. The van der Waals surface area contributed by atoms with E-state index >= 15 is 0 Å². The van der Waals surface area contributed by atoms with E-state index in [4.69, 9.17) is 15.2 Å². The standard InChI is InChI=1S/C23H23N5O3/c1-30-18-7-3-15(4-8-18)12-28(13-16-5-9-19(31-2)10-6-16)14-17-11-25-21-20(17)22(29)27-23(24)26-21/h3-11H,12-14H2,1-2H3,(H2,24,27,29). The minimum Gasteiger partial charge on any atom is -0.497 e. The number of fused-ring (bicyclic) bond motifs is 1. The van der Waals surface area contributed by atoms with Crippen LogP contribution in [-0.4, -0.2) is 49.6 Å². The SMILES string of the molecule is COc1ccc(CN(CC2=C3C(=O)N=C(N)N=C3N=C2)Cc2ccc(OC)cc2)cc1. The lowest BCUT2D eigenvalue weighted by atomic mass is 10.1. The van der Waals surface area contributed by atoms with E-state index in [0.717, 1.165) is 28.2 Å². The summed E-state index contributed by atoms with van der Waals surface area (Å²) in [7, 11) is 3.29. The minimum atomic E-state index is -0.399. The van der Waals surface area contributed by atoms with Crippen LogP contribution in [0.3, 0.4) is 0 Å². The van der Waals surface area contributed by atoms with Crippen LogP contribution in [0.25, 0.3) is 0 Å². The van der Waals surface area contributed by atoms with Gasteiger partial charge in [-0.3, -0.25) is 9.69 Å². The third-order valence-corrected chi connectivity index (χ3v) is 5.06. The van der Waals surface area contributed by atoms with Gasteiger partial charge in [-0.2, -0.15) is 9.98 Å². The second-order valence-corrected chi connectivity index (χ2v) is 7.21. The number of aliphatic imine (C=N–C) groups is 3. The van der Waals surface area contributed by atoms with Crippen molar-refractivity contribution < 1.29 is 14.3 Å². The Morgan fingerprint density at radius 3 is 1.90 bits per heavy atom. The lowest BCUT2D eigenvalue weighted by molar-refractivity contribution is -0.114. The van der Waals surface area contributed by atoms with E-state index in [-0.39, 0.29) is 5.96 Å². The van der Waals surface area contributed by atoms with E-state index in [0.29, 0.717) is 31.0 Å². The molecule has 0 bridgehead atoms. The zero-order valence-corrected chi connectivity index (χ0v) is 17.4. The second-order valence-electron chi connectivity index (χ2n) is 7.21. The van der Waals surface area contributed by atoms with Crippen LogP contribution in [-0.2, 0) is 17.9 Å². The number of amidine groups is 1. The summed E-state index contributed by atoms with van der Waals surface area (Å²) in [5, 5.41) is 0. The van der Waals surface area contributed by atoms with Gasteiger partial charge in [0.1, 0.15) is 11.5 Å². The smallest absolute Gasteiger partial charge is 0.284 e. The van der Waals surface area contributed by atoms with Crippen LogP contribution in [0, 0.1) is 0 Å². The van der Waals surface area contributed by atoms with Crippen LogP contribution in [0.15, 0.2) is 74.7 Å². The summed E-state index contributed by atoms with van der Waals surface area (Å²) in [6, 6.07) is 15.9. The van der Waals surface area contributed by atoms with Gasteiger partial charge in [0.25, 0.3) is 5.91 Å². The Bertz CT molecular complexity index is 1050. The van der Waals surface area contributed by atoms with Crippen molar-refractivity contribution in [2.45, 2.75) is 13.1 Å². The molecule has 0 aromatic heterocycles. The van der Waals surface area contributed by atoms with Crippen molar-refractivity contribution in [1.29, 1.82) is 0 Å². The summed E-state index contributed by atoms with van der Waals surface area (Å²) in [4.78, 5) is 26.8. The molecule has 2 aromatic rings. The van der Waals surface area contributed by atoms with Crippen molar-refractivity contribution >= 4 is 23.9 Å². The first-order valence-electron chi connectivity index (χ1n) is 9.78. The molecule has 0 fully saturated rings. The Hall–Kier alpha value is -3.78. The van der Waals surface area contributed by atoms with E-state index < -0.39 is 5.91 Å². The summed E-state index contributed by atoms with van der Waals surface area (Å²) in [6.07, 6.45) is 1.68. The lowest BCUT2D eigenvalue weighted by Gasteiger charge is -2.23. The number of methoxy groups -OCH3 is 2. The number of nitrogens with two attached hydrogens (primary N) is 1. The number of hydrogen-bond acceptors (Lipinski definition) is 7. The Kier molecular flexibility index (Phi) is 5.90. The molecule has 8 nitrogen and oxygen atoms in total. The number of benzene rings is 2. The van der Waals surface area contributed by atoms with Crippen LogP contribution in [0.2, 0.25) is 0 Å². The van der Waals surface area contributed by atoms with Gasteiger partial charge in [-0.1, -0.05) is 24.3 Å². The molecule has 1 amide bonds. The molecule has 0 aliphatic carbocycles. The van der Waals surface area contributed by atoms with Gasteiger partial charge < -0.3 is 15.2 Å². The topological polar surface area (TPSA) is 102 Å². The molecule has 4 rings (SSSR count). The Morgan fingerprint density at radius 1 is 0.839 bits per heavy atom. The molecule has 0 radical (unpaired) electrons. The summed E-state index contributed by atoms with van der Waals surface area (Å²) in [5.74, 6) is 1.49. The predicted octanol–water partition coefficient (Wildman–Crippen LogP) is 2.34. The van der Waals surface area contributed by atoms with Crippen LogP contribution in [0.4, 0.5) is 0 Å². The van der Waals surface area contributed by atoms with Gasteiger partial charge in [0.05, 0.1) is 19.8 Å². The van der Waals surface area contributed by atoms with Gasteiger partial charge in [-0.15, -0.1) is 0 Å². The number of hydrogen-bond donors (Lipinski definition) is 1. The molecule has 2 heterocycles. The summed E-state index contributed by atoms with van der Waals surface area (Å²) >= 11 is 0. The van der Waals surface area contributed by atoms with Gasteiger partial charge in [0, 0.05) is 31.4 Å². The van der Waals surface area contributed by atoms with Gasteiger partial charge in [-0.25, -0.2) is 4.99 Å². The quantitative estimate of drug-likeness (QED) is 0.710. The Labute approximate surface area is 180 Å². The maximum Gasteiger partial charge on any atom is 0.284 e. The highest BCUT2D eigenvalue weighted by Crippen LogP contribution is 2.22. The fourth-order valence-electron chi connectivity index (χ4n) is 3.53. The molecule has 0 atom stereocenters. The van der Waals surface area contributed by atoms with Crippen LogP contribution in [0.5, 0.6) is 11.5 Å². The predicted molar refractivity (Wildman–Crippen MR) is 120 cm³/mol. The Balaban J connectivity index is 1.59. The van der Waals surface area contributed by atoms with Crippen LogP contribution >= 0.6 is 0 Å². The maximum absolute atomic E-state index is 12.4. The number of rotatable bonds is 8. The molecular formula is C23H23N5O3.